The Morgan fingerprint density at radius 3 is 2.07 bits per heavy atom. The fourth-order valence-electron chi connectivity index (χ4n) is 1.70. The van der Waals surface area contributed by atoms with Gasteiger partial charge in [0.15, 0.2) is 0 Å². The molecule has 14 heavy (non-hydrogen) atoms. The van der Waals surface area contributed by atoms with Gasteiger partial charge in [0.25, 0.3) is 0 Å². The molecule has 0 spiro atoms. The third-order valence-electron chi connectivity index (χ3n) is 2.42. The third-order valence-corrected chi connectivity index (χ3v) is 2.42. The minimum absolute atomic E-state index is 0.323. The van der Waals surface area contributed by atoms with Crippen LogP contribution in [0.5, 0.6) is 5.75 Å². The maximum Gasteiger partial charge on any atom is 0.122 e. The SMILES string of the molecule is Cc1nc(C(C)C)cc(O)c1C(C)C. The highest BCUT2D eigenvalue weighted by molar-refractivity contribution is 5.39. The van der Waals surface area contributed by atoms with Crippen molar-refractivity contribution in [2.75, 3.05) is 0 Å². The molecular formula is C12H19NO. The van der Waals surface area contributed by atoms with Crippen molar-refractivity contribution in [2.24, 2.45) is 0 Å². The summed E-state index contributed by atoms with van der Waals surface area (Å²) < 4.78 is 0. The Labute approximate surface area is 86.0 Å². The maximum atomic E-state index is 9.85. The molecular weight excluding hydrogens is 174 g/mol. The van der Waals surface area contributed by atoms with Crippen molar-refractivity contribution in [1.29, 1.82) is 0 Å². The van der Waals surface area contributed by atoms with Crippen LogP contribution in [0, 0.1) is 6.92 Å². The predicted molar refractivity (Wildman–Crippen MR) is 58.8 cm³/mol. The van der Waals surface area contributed by atoms with E-state index in [1.54, 1.807) is 6.07 Å². The van der Waals surface area contributed by atoms with Crippen LogP contribution in [0.2, 0.25) is 0 Å². The lowest BCUT2D eigenvalue weighted by Crippen LogP contribution is -2.01. The van der Waals surface area contributed by atoms with E-state index < -0.39 is 0 Å². The van der Waals surface area contributed by atoms with Gasteiger partial charge in [-0.3, -0.25) is 4.98 Å². The number of aromatic hydroxyl groups is 1. The number of aromatic nitrogens is 1. The second kappa shape index (κ2) is 3.99. The Morgan fingerprint density at radius 1 is 1.14 bits per heavy atom. The summed E-state index contributed by atoms with van der Waals surface area (Å²) in [4.78, 5) is 4.49. The van der Waals surface area contributed by atoms with E-state index in [0.717, 1.165) is 17.0 Å². The van der Waals surface area contributed by atoms with Gasteiger partial charge in [0.1, 0.15) is 5.75 Å². The average Bonchev–Trinajstić information content (AvgIpc) is 2.01. The highest BCUT2D eigenvalue weighted by Crippen LogP contribution is 2.30. The topological polar surface area (TPSA) is 33.1 Å². The predicted octanol–water partition coefficient (Wildman–Crippen LogP) is 3.34. The number of hydrogen-bond donors (Lipinski definition) is 1. The van der Waals surface area contributed by atoms with Crippen molar-refractivity contribution in [3.8, 4) is 5.75 Å². The van der Waals surface area contributed by atoms with Gasteiger partial charge in [-0.05, 0) is 18.8 Å². The average molecular weight is 193 g/mol. The first-order valence-corrected chi connectivity index (χ1v) is 5.13. The zero-order valence-corrected chi connectivity index (χ0v) is 9.63. The molecule has 0 saturated carbocycles. The van der Waals surface area contributed by atoms with Crippen LogP contribution < -0.4 is 0 Å². The number of pyridine rings is 1. The van der Waals surface area contributed by atoms with Crippen LogP contribution in [0.25, 0.3) is 0 Å². The van der Waals surface area contributed by atoms with Crippen LogP contribution in [0.1, 0.15) is 56.5 Å². The molecule has 2 nitrogen and oxygen atoms in total. The molecule has 0 aliphatic heterocycles. The van der Waals surface area contributed by atoms with Crippen molar-refractivity contribution in [3.63, 3.8) is 0 Å². The van der Waals surface area contributed by atoms with Crippen molar-refractivity contribution in [3.05, 3.63) is 23.0 Å². The van der Waals surface area contributed by atoms with E-state index >= 15 is 0 Å². The Morgan fingerprint density at radius 2 is 1.71 bits per heavy atom. The first-order chi connectivity index (χ1) is 6.43. The Bertz CT molecular complexity index is 306. The quantitative estimate of drug-likeness (QED) is 0.781. The minimum Gasteiger partial charge on any atom is -0.508 e. The molecule has 0 fully saturated rings. The number of nitrogens with zero attached hydrogens (tertiary/aromatic N) is 1. The van der Waals surface area contributed by atoms with Crippen LogP contribution in [-0.4, -0.2) is 10.1 Å². The van der Waals surface area contributed by atoms with Gasteiger partial charge >= 0.3 is 0 Å². The fraction of sp³-hybridized carbons (Fsp3) is 0.583. The molecule has 0 bridgehead atoms. The van der Waals surface area contributed by atoms with Gasteiger partial charge in [-0.25, -0.2) is 0 Å². The standard InChI is InChI=1S/C12H19NO/c1-7(2)10-6-11(14)12(8(3)4)9(5)13-10/h6-8H,1-5H3,(H,13,14). The van der Waals surface area contributed by atoms with E-state index in [1.807, 2.05) is 6.92 Å². The lowest BCUT2D eigenvalue weighted by Gasteiger charge is -2.14. The van der Waals surface area contributed by atoms with Crippen LogP contribution in [0.3, 0.4) is 0 Å². The molecule has 1 aromatic heterocycles. The summed E-state index contributed by atoms with van der Waals surface area (Å²) in [6, 6.07) is 1.78. The van der Waals surface area contributed by atoms with E-state index in [1.165, 1.54) is 0 Å². The smallest absolute Gasteiger partial charge is 0.122 e. The van der Waals surface area contributed by atoms with Gasteiger partial charge in [0.05, 0.1) is 0 Å². The molecule has 1 heterocycles. The Hall–Kier alpha value is -1.05. The monoisotopic (exact) mass is 193 g/mol. The highest BCUT2D eigenvalue weighted by Gasteiger charge is 2.13. The number of hydrogen-bond acceptors (Lipinski definition) is 2. The summed E-state index contributed by atoms with van der Waals surface area (Å²) in [5.41, 5.74) is 2.88. The molecule has 0 atom stereocenters. The van der Waals surface area contributed by atoms with Crippen molar-refractivity contribution in [1.82, 2.24) is 4.98 Å². The molecule has 0 saturated heterocycles. The van der Waals surface area contributed by atoms with E-state index in [4.69, 9.17) is 0 Å². The summed E-state index contributed by atoms with van der Waals surface area (Å²) in [7, 11) is 0. The van der Waals surface area contributed by atoms with E-state index in [0.29, 0.717) is 17.6 Å². The van der Waals surface area contributed by atoms with Gasteiger partial charge in [-0.15, -0.1) is 0 Å². The van der Waals surface area contributed by atoms with E-state index in [-0.39, 0.29) is 0 Å². The molecule has 2 heteroatoms. The van der Waals surface area contributed by atoms with Crippen molar-refractivity contribution >= 4 is 0 Å². The zero-order chi connectivity index (χ0) is 10.9. The third kappa shape index (κ3) is 2.06. The van der Waals surface area contributed by atoms with Crippen LogP contribution in [-0.2, 0) is 0 Å². The van der Waals surface area contributed by atoms with E-state index in [2.05, 4.69) is 32.7 Å². The first-order valence-electron chi connectivity index (χ1n) is 5.13. The summed E-state index contributed by atoms with van der Waals surface area (Å²) in [5.74, 6) is 1.07. The molecule has 0 radical (unpaired) electrons. The van der Waals surface area contributed by atoms with Gasteiger partial charge in [-0.2, -0.15) is 0 Å². The Balaban J connectivity index is 3.25. The molecule has 0 unspecified atom stereocenters. The van der Waals surface area contributed by atoms with E-state index in [9.17, 15) is 5.11 Å². The molecule has 1 N–H and O–H groups in total. The molecule has 0 aliphatic carbocycles. The zero-order valence-electron chi connectivity index (χ0n) is 9.63. The maximum absolute atomic E-state index is 9.85. The summed E-state index contributed by atoms with van der Waals surface area (Å²) in [6.07, 6.45) is 0. The highest BCUT2D eigenvalue weighted by atomic mass is 16.3. The molecule has 1 rings (SSSR count). The number of rotatable bonds is 2. The lowest BCUT2D eigenvalue weighted by atomic mass is 9.98. The normalized spacial score (nSPS) is 11.4. The summed E-state index contributed by atoms with van der Waals surface area (Å²) >= 11 is 0. The van der Waals surface area contributed by atoms with Gasteiger partial charge in [-0.1, -0.05) is 27.7 Å². The van der Waals surface area contributed by atoms with Crippen molar-refractivity contribution in [2.45, 2.75) is 46.5 Å². The molecule has 1 aromatic rings. The van der Waals surface area contributed by atoms with Gasteiger partial charge < -0.3 is 5.11 Å². The summed E-state index contributed by atoms with van der Waals surface area (Å²) in [5, 5.41) is 9.85. The van der Waals surface area contributed by atoms with Crippen molar-refractivity contribution < 1.29 is 5.11 Å². The van der Waals surface area contributed by atoms with Crippen LogP contribution >= 0.6 is 0 Å². The second-order valence-electron chi connectivity index (χ2n) is 4.37. The van der Waals surface area contributed by atoms with Gasteiger partial charge in [0.2, 0.25) is 0 Å². The van der Waals surface area contributed by atoms with Gasteiger partial charge in [0, 0.05) is 23.0 Å². The molecule has 0 aliphatic rings. The molecule has 78 valence electrons. The lowest BCUT2D eigenvalue weighted by molar-refractivity contribution is 0.460. The fourth-order valence-corrected chi connectivity index (χ4v) is 1.70. The second-order valence-corrected chi connectivity index (χ2v) is 4.37. The number of aryl methyl sites for hydroxylation is 1. The first kappa shape index (κ1) is 11.0. The van der Waals surface area contributed by atoms with Crippen LogP contribution in [0.4, 0.5) is 0 Å². The molecule has 0 amide bonds. The largest absolute Gasteiger partial charge is 0.508 e. The molecule has 0 aromatic carbocycles. The Kier molecular flexibility index (Phi) is 3.14. The van der Waals surface area contributed by atoms with Crippen LogP contribution in [0.15, 0.2) is 6.07 Å². The summed E-state index contributed by atoms with van der Waals surface area (Å²) in [6.45, 7) is 10.3. The minimum atomic E-state index is 0.323.